The molecule has 3 N–H and O–H groups in total. The first kappa shape index (κ1) is 16.2. The van der Waals surface area contributed by atoms with E-state index in [-0.39, 0.29) is 20.6 Å². The summed E-state index contributed by atoms with van der Waals surface area (Å²) in [6.45, 7) is 0. The van der Waals surface area contributed by atoms with Crippen molar-refractivity contribution in [3.05, 3.63) is 57.5 Å². The zero-order chi connectivity index (χ0) is 15.6. The van der Waals surface area contributed by atoms with Crippen molar-refractivity contribution >= 4 is 60.4 Å². The van der Waals surface area contributed by atoms with E-state index in [1.807, 2.05) is 0 Å². The Morgan fingerprint density at radius 2 is 1.90 bits per heavy atom. The van der Waals surface area contributed by atoms with Crippen LogP contribution in [0.2, 0.25) is 5.02 Å². The van der Waals surface area contributed by atoms with Crippen LogP contribution in [0.25, 0.3) is 0 Å². The van der Waals surface area contributed by atoms with Crippen molar-refractivity contribution in [3.8, 4) is 0 Å². The summed E-state index contributed by atoms with van der Waals surface area (Å²) in [6.07, 6.45) is 0. The Hall–Kier alpha value is -1.15. The summed E-state index contributed by atoms with van der Waals surface area (Å²) < 4.78 is 27.7. The Balaban J connectivity index is 2.44. The Morgan fingerprint density at radius 3 is 2.52 bits per heavy atom. The summed E-state index contributed by atoms with van der Waals surface area (Å²) in [5, 5.41) is 0.255. The van der Waals surface area contributed by atoms with Crippen LogP contribution in [-0.2, 0) is 10.0 Å². The van der Waals surface area contributed by atoms with Crippen LogP contribution in [-0.4, -0.2) is 13.4 Å². The van der Waals surface area contributed by atoms with Crippen molar-refractivity contribution in [2.75, 3.05) is 4.72 Å². The number of halogens is 2. The van der Waals surface area contributed by atoms with Gasteiger partial charge in [-0.15, -0.1) is 0 Å². The molecular weight excluding hydrogens is 396 g/mol. The SMILES string of the molecule is NC(=S)c1ccc(Cl)c(NS(=O)(=O)c2ccccc2Br)c1. The average Bonchev–Trinajstić information content (AvgIpc) is 2.41. The standard InChI is InChI=1S/C13H10BrClN2O2S2/c14-9-3-1-2-4-12(9)21(18,19)17-11-7-8(13(16)20)5-6-10(11)15/h1-7,17H,(H2,16,20). The van der Waals surface area contributed by atoms with Gasteiger partial charge in [0.05, 0.1) is 10.7 Å². The van der Waals surface area contributed by atoms with Gasteiger partial charge in [-0.05, 0) is 40.2 Å². The van der Waals surface area contributed by atoms with Crippen LogP contribution in [0.15, 0.2) is 51.8 Å². The maximum absolute atomic E-state index is 12.4. The zero-order valence-electron chi connectivity index (χ0n) is 10.5. The minimum absolute atomic E-state index is 0.113. The molecule has 4 nitrogen and oxygen atoms in total. The lowest BCUT2D eigenvalue weighted by Crippen LogP contribution is -2.15. The fourth-order valence-electron chi connectivity index (χ4n) is 1.62. The van der Waals surface area contributed by atoms with Gasteiger partial charge in [-0.25, -0.2) is 8.42 Å². The quantitative estimate of drug-likeness (QED) is 0.763. The van der Waals surface area contributed by atoms with E-state index in [9.17, 15) is 8.42 Å². The molecule has 0 unspecified atom stereocenters. The van der Waals surface area contributed by atoms with Crippen LogP contribution in [0.5, 0.6) is 0 Å². The molecule has 0 aliphatic carbocycles. The van der Waals surface area contributed by atoms with E-state index in [2.05, 4.69) is 20.7 Å². The molecule has 8 heteroatoms. The van der Waals surface area contributed by atoms with Crippen molar-refractivity contribution < 1.29 is 8.42 Å². The lowest BCUT2D eigenvalue weighted by atomic mass is 10.2. The molecule has 0 amide bonds. The maximum atomic E-state index is 12.4. The van der Waals surface area contributed by atoms with Crippen LogP contribution in [0.1, 0.15) is 5.56 Å². The molecule has 0 aliphatic heterocycles. The molecule has 2 aromatic rings. The fourth-order valence-corrected chi connectivity index (χ4v) is 4.04. The minimum atomic E-state index is -3.77. The number of nitrogens with one attached hydrogen (secondary N) is 1. The smallest absolute Gasteiger partial charge is 0.263 e. The van der Waals surface area contributed by atoms with E-state index in [1.54, 1.807) is 24.3 Å². The van der Waals surface area contributed by atoms with Gasteiger partial charge in [-0.2, -0.15) is 0 Å². The van der Waals surface area contributed by atoms with Gasteiger partial charge in [0.25, 0.3) is 10.0 Å². The number of thiocarbonyl (C=S) groups is 1. The molecule has 110 valence electrons. The predicted molar refractivity (Wildman–Crippen MR) is 92.3 cm³/mol. The van der Waals surface area contributed by atoms with E-state index >= 15 is 0 Å². The van der Waals surface area contributed by atoms with Gasteiger partial charge in [0.15, 0.2) is 0 Å². The molecule has 21 heavy (non-hydrogen) atoms. The van der Waals surface area contributed by atoms with Gasteiger partial charge in [-0.1, -0.05) is 42.0 Å². The highest BCUT2D eigenvalue weighted by Crippen LogP contribution is 2.28. The van der Waals surface area contributed by atoms with Crippen molar-refractivity contribution in [2.24, 2.45) is 5.73 Å². The molecule has 0 aliphatic rings. The van der Waals surface area contributed by atoms with Crippen molar-refractivity contribution in [1.82, 2.24) is 0 Å². The van der Waals surface area contributed by atoms with E-state index in [0.717, 1.165) is 0 Å². The Morgan fingerprint density at radius 1 is 1.24 bits per heavy atom. The highest BCUT2D eigenvalue weighted by molar-refractivity contribution is 9.10. The highest BCUT2D eigenvalue weighted by Gasteiger charge is 2.18. The number of anilines is 1. The summed E-state index contributed by atoms with van der Waals surface area (Å²) in [5.74, 6) is 0. The molecule has 2 aromatic carbocycles. The first-order valence-corrected chi connectivity index (χ1v) is 8.74. The van der Waals surface area contributed by atoms with Crippen LogP contribution in [0.4, 0.5) is 5.69 Å². The second-order valence-electron chi connectivity index (χ2n) is 4.09. The van der Waals surface area contributed by atoms with Gasteiger partial charge in [-0.3, -0.25) is 4.72 Å². The average molecular weight is 406 g/mol. The number of rotatable bonds is 4. The number of nitrogens with two attached hydrogens (primary N) is 1. The summed E-state index contributed by atoms with van der Waals surface area (Å²) in [7, 11) is -3.77. The van der Waals surface area contributed by atoms with Gasteiger partial charge in [0.1, 0.15) is 9.88 Å². The normalized spacial score (nSPS) is 11.1. The van der Waals surface area contributed by atoms with Gasteiger partial charge in [0, 0.05) is 10.0 Å². The maximum Gasteiger partial charge on any atom is 0.263 e. The predicted octanol–water partition coefficient (Wildman–Crippen LogP) is 3.54. The van der Waals surface area contributed by atoms with Crippen molar-refractivity contribution in [2.45, 2.75) is 4.90 Å². The van der Waals surface area contributed by atoms with E-state index < -0.39 is 10.0 Å². The molecular formula is C13H10BrClN2O2S2. The van der Waals surface area contributed by atoms with Crippen LogP contribution < -0.4 is 10.5 Å². The minimum Gasteiger partial charge on any atom is -0.389 e. The second kappa shape index (κ2) is 6.31. The fraction of sp³-hybridized carbons (Fsp3) is 0. The van der Waals surface area contributed by atoms with E-state index in [4.69, 9.17) is 29.6 Å². The van der Waals surface area contributed by atoms with Crippen molar-refractivity contribution in [1.29, 1.82) is 0 Å². The zero-order valence-corrected chi connectivity index (χ0v) is 14.5. The molecule has 0 radical (unpaired) electrons. The highest BCUT2D eigenvalue weighted by atomic mass is 79.9. The molecule has 0 fully saturated rings. The van der Waals surface area contributed by atoms with Crippen LogP contribution >= 0.6 is 39.7 Å². The third-order valence-corrected chi connectivity index (χ3v) is 5.56. The molecule has 2 rings (SSSR count). The van der Waals surface area contributed by atoms with Crippen LogP contribution in [0, 0.1) is 0 Å². The topological polar surface area (TPSA) is 72.2 Å². The summed E-state index contributed by atoms with van der Waals surface area (Å²) in [4.78, 5) is 0.273. The molecule has 0 saturated heterocycles. The van der Waals surface area contributed by atoms with Gasteiger partial charge >= 0.3 is 0 Å². The van der Waals surface area contributed by atoms with Crippen LogP contribution in [0.3, 0.4) is 0 Å². The monoisotopic (exact) mass is 404 g/mol. The summed E-state index contributed by atoms with van der Waals surface area (Å²) in [5.41, 5.74) is 6.28. The Kier molecular flexibility index (Phi) is 4.88. The van der Waals surface area contributed by atoms with Gasteiger partial charge in [0.2, 0.25) is 0 Å². The van der Waals surface area contributed by atoms with E-state index in [1.165, 1.54) is 18.2 Å². The third kappa shape index (κ3) is 3.74. The largest absolute Gasteiger partial charge is 0.389 e. The lowest BCUT2D eigenvalue weighted by Gasteiger charge is -2.12. The Bertz CT molecular complexity index is 810. The first-order chi connectivity index (χ1) is 9.81. The molecule has 0 spiro atoms. The first-order valence-electron chi connectivity index (χ1n) is 5.68. The van der Waals surface area contributed by atoms with Gasteiger partial charge < -0.3 is 5.73 Å². The number of hydrogen-bond donors (Lipinski definition) is 2. The lowest BCUT2D eigenvalue weighted by molar-refractivity contribution is 0.601. The molecule has 0 aromatic heterocycles. The van der Waals surface area contributed by atoms with Crippen molar-refractivity contribution in [3.63, 3.8) is 0 Å². The summed E-state index contributed by atoms with van der Waals surface area (Å²) >= 11 is 14.1. The molecule has 0 saturated carbocycles. The number of hydrogen-bond acceptors (Lipinski definition) is 3. The molecule has 0 atom stereocenters. The summed E-state index contributed by atoms with van der Waals surface area (Å²) in [6, 6.07) is 11.1. The number of benzene rings is 2. The molecule has 0 heterocycles. The van der Waals surface area contributed by atoms with E-state index in [0.29, 0.717) is 10.0 Å². The Labute approximate surface area is 141 Å². The molecule has 0 bridgehead atoms. The number of sulfonamides is 1. The second-order valence-corrected chi connectivity index (χ2v) is 7.45. The third-order valence-electron chi connectivity index (χ3n) is 2.62.